The van der Waals surface area contributed by atoms with Gasteiger partial charge in [0, 0.05) is 0 Å². The second kappa shape index (κ2) is 7.27. The average molecular weight is 218 g/mol. The van der Waals surface area contributed by atoms with E-state index in [1.165, 1.54) is 22.3 Å². The van der Waals surface area contributed by atoms with E-state index in [0.29, 0.717) is 5.92 Å². The molecule has 16 heavy (non-hydrogen) atoms. The Kier molecular flexibility index (Phi) is 6.80. The van der Waals surface area contributed by atoms with Gasteiger partial charge in [0.1, 0.15) is 0 Å². The first-order valence-electron chi connectivity index (χ1n) is 6.01. The molecule has 0 aromatic heterocycles. The fourth-order valence-electron chi connectivity index (χ4n) is 1.56. The van der Waals surface area contributed by atoms with Gasteiger partial charge in [-0.05, 0) is 51.7 Å². The van der Waals surface area contributed by atoms with Crippen molar-refractivity contribution in [2.45, 2.75) is 48.5 Å². The minimum atomic E-state index is 0.713. The Bertz CT molecular complexity index is 339. The minimum absolute atomic E-state index is 0.713. The number of rotatable bonds is 1. The molecule has 0 aliphatic rings. The SMILES string of the molecule is CC(C)=CC(C)C.Cc1ccc(C)c(C)c1. The fraction of sp³-hybridized carbons (Fsp3) is 0.500. The average Bonchev–Trinajstić information content (AvgIpc) is 2.10. The summed E-state index contributed by atoms with van der Waals surface area (Å²) in [4.78, 5) is 0. The zero-order valence-electron chi connectivity index (χ0n) is 11.9. The van der Waals surface area contributed by atoms with Crippen molar-refractivity contribution in [2.24, 2.45) is 5.92 Å². The lowest BCUT2D eigenvalue weighted by molar-refractivity contribution is 0.822. The van der Waals surface area contributed by atoms with Crippen LogP contribution in [0.3, 0.4) is 0 Å². The maximum atomic E-state index is 2.25. The van der Waals surface area contributed by atoms with Crippen LogP contribution in [0.15, 0.2) is 29.8 Å². The largest absolute Gasteiger partial charge is 0.0833 e. The summed E-state index contributed by atoms with van der Waals surface area (Å²) in [5.41, 5.74) is 5.52. The minimum Gasteiger partial charge on any atom is -0.0833 e. The highest BCUT2D eigenvalue weighted by Crippen LogP contribution is 2.07. The molecule has 0 unspecified atom stereocenters. The van der Waals surface area contributed by atoms with Gasteiger partial charge in [0.2, 0.25) is 0 Å². The standard InChI is InChI=1S/C9H12.C7H14/c1-7-4-5-8(2)9(3)6-7;1-6(2)5-7(3)4/h4-6H,1-3H3;5-6H,1-4H3. The maximum absolute atomic E-state index is 2.25. The first-order valence-corrected chi connectivity index (χ1v) is 6.01. The number of aryl methyl sites for hydroxylation is 3. The number of allylic oxidation sites excluding steroid dienone is 2. The zero-order chi connectivity index (χ0) is 12.7. The second-order valence-electron chi connectivity index (χ2n) is 5.08. The van der Waals surface area contributed by atoms with Gasteiger partial charge < -0.3 is 0 Å². The molecule has 1 aromatic carbocycles. The summed E-state index contributed by atoms with van der Waals surface area (Å²) < 4.78 is 0. The Balaban J connectivity index is 0.000000293. The van der Waals surface area contributed by atoms with Crippen LogP contribution in [0.25, 0.3) is 0 Å². The van der Waals surface area contributed by atoms with Crippen molar-refractivity contribution < 1.29 is 0 Å². The molecule has 0 saturated heterocycles. The Hall–Kier alpha value is -1.04. The third kappa shape index (κ3) is 7.28. The monoisotopic (exact) mass is 218 g/mol. The van der Waals surface area contributed by atoms with E-state index >= 15 is 0 Å². The molecule has 0 heterocycles. The van der Waals surface area contributed by atoms with E-state index in [4.69, 9.17) is 0 Å². The molecule has 0 N–H and O–H groups in total. The van der Waals surface area contributed by atoms with Gasteiger partial charge in [-0.1, -0.05) is 49.3 Å². The molecular formula is C16H26. The predicted octanol–water partition coefficient (Wildman–Crippen LogP) is 5.22. The second-order valence-corrected chi connectivity index (χ2v) is 5.08. The van der Waals surface area contributed by atoms with E-state index in [-0.39, 0.29) is 0 Å². The molecule has 1 rings (SSSR count). The van der Waals surface area contributed by atoms with E-state index in [2.05, 4.69) is 72.7 Å². The van der Waals surface area contributed by atoms with E-state index < -0.39 is 0 Å². The first-order chi connectivity index (χ1) is 7.32. The smallest absolute Gasteiger partial charge is 0.0288 e. The van der Waals surface area contributed by atoms with Crippen molar-refractivity contribution in [3.8, 4) is 0 Å². The molecular weight excluding hydrogens is 192 g/mol. The van der Waals surface area contributed by atoms with Crippen LogP contribution in [0, 0.1) is 26.7 Å². The zero-order valence-corrected chi connectivity index (χ0v) is 11.9. The fourth-order valence-corrected chi connectivity index (χ4v) is 1.56. The summed E-state index contributed by atoms with van der Waals surface area (Å²) in [6.45, 7) is 15.0. The summed E-state index contributed by atoms with van der Waals surface area (Å²) >= 11 is 0. The van der Waals surface area contributed by atoms with Crippen molar-refractivity contribution in [3.05, 3.63) is 46.5 Å². The molecule has 0 saturated carbocycles. The lowest BCUT2D eigenvalue weighted by Gasteiger charge is -1.98. The number of hydrogen-bond donors (Lipinski definition) is 0. The first kappa shape index (κ1) is 15.0. The highest BCUT2D eigenvalue weighted by atomic mass is 13.9. The highest BCUT2D eigenvalue weighted by molar-refractivity contribution is 5.28. The van der Waals surface area contributed by atoms with Crippen LogP contribution < -0.4 is 0 Å². The highest BCUT2D eigenvalue weighted by Gasteiger charge is 1.89. The molecule has 0 bridgehead atoms. The molecule has 0 amide bonds. The van der Waals surface area contributed by atoms with Crippen molar-refractivity contribution >= 4 is 0 Å². The number of hydrogen-bond acceptors (Lipinski definition) is 0. The van der Waals surface area contributed by atoms with Crippen LogP contribution in [0.5, 0.6) is 0 Å². The summed E-state index contributed by atoms with van der Waals surface area (Å²) in [6, 6.07) is 6.50. The van der Waals surface area contributed by atoms with E-state index in [0.717, 1.165) is 0 Å². The van der Waals surface area contributed by atoms with Crippen molar-refractivity contribution in [1.29, 1.82) is 0 Å². The number of benzene rings is 1. The Morgan fingerprint density at radius 3 is 1.81 bits per heavy atom. The predicted molar refractivity (Wildman–Crippen MR) is 74.9 cm³/mol. The summed E-state index contributed by atoms with van der Waals surface area (Å²) in [5.74, 6) is 0.713. The van der Waals surface area contributed by atoms with Crippen LogP contribution in [0.2, 0.25) is 0 Å². The topological polar surface area (TPSA) is 0 Å². The van der Waals surface area contributed by atoms with Crippen LogP contribution in [-0.2, 0) is 0 Å². The van der Waals surface area contributed by atoms with Crippen molar-refractivity contribution in [2.75, 3.05) is 0 Å². The van der Waals surface area contributed by atoms with Gasteiger partial charge in [-0.3, -0.25) is 0 Å². The quantitative estimate of drug-likeness (QED) is 0.567. The van der Waals surface area contributed by atoms with E-state index in [1.807, 2.05) is 0 Å². The molecule has 0 nitrogen and oxygen atoms in total. The Labute approximate surface area is 101 Å². The van der Waals surface area contributed by atoms with E-state index in [1.54, 1.807) is 0 Å². The van der Waals surface area contributed by atoms with Crippen molar-refractivity contribution in [1.82, 2.24) is 0 Å². The van der Waals surface area contributed by atoms with Gasteiger partial charge in [0.05, 0.1) is 0 Å². The van der Waals surface area contributed by atoms with Crippen molar-refractivity contribution in [3.63, 3.8) is 0 Å². The van der Waals surface area contributed by atoms with Gasteiger partial charge in [-0.15, -0.1) is 0 Å². The molecule has 0 spiro atoms. The van der Waals surface area contributed by atoms with Crippen LogP contribution >= 0.6 is 0 Å². The molecule has 0 radical (unpaired) electrons. The van der Waals surface area contributed by atoms with E-state index in [9.17, 15) is 0 Å². The normalized spacial score (nSPS) is 9.50. The van der Waals surface area contributed by atoms with Gasteiger partial charge in [0.15, 0.2) is 0 Å². The van der Waals surface area contributed by atoms with Crippen LogP contribution in [-0.4, -0.2) is 0 Å². The molecule has 0 aliphatic heterocycles. The maximum Gasteiger partial charge on any atom is -0.0288 e. The van der Waals surface area contributed by atoms with Gasteiger partial charge in [0.25, 0.3) is 0 Å². The third-order valence-corrected chi connectivity index (χ3v) is 2.33. The molecule has 0 heteroatoms. The lowest BCUT2D eigenvalue weighted by Crippen LogP contribution is -1.79. The molecule has 0 atom stereocenters. The lowest BCUT2D eigenvalue weighted by atomic mass is 10.1. The van der Waals surface area contributed by atoms with Gasteiger partial charge in [-0.25, -0.2) is 0 Å². The van der Waals surface area contributed by atoms with Crippen LogP contribution in [0.4, 0.5) is 0 Å². The van der Waals surface area contributed by atoms with Gasteiger partial charge >= 0.3 is 0 Å². The van der Waals surface area contributed by atoms with Gasteiger partial charge in [-0.2, -0.15) is 0 Å². The molecule has 1 aromatic rings. The Morgan fingerprint density at radius 2 is 1.56 bits per heavy atom. The molecule has 0 fully saturated rings. The van der Waals surface area contributed by atoms with Crippen LogP contribution in [0.1, 0.15) is 44.4 Å². The third-order valence-electron chi connectivity index (χ3n) is 2.33. The molecule has 90 valence electrons. The summed E-state index contributed by atoms with van der Waals surface area (Å²) in [6.07, 6.45) is 2.25. The summed E-state index contributed by atoms with van der Waals surface area (Å²) in [5, 5.41) is 0. The summed E-state index contributed by atoms with van der Waals surface area (Å²) in [7, 11) is 0. The molecule has 0 aliphatic carbocycles. The Morgan fingerprint density at radius 1 is 1.00 bits per heavy atom.